The molecule has 3 heterocycles. The zero-order chi connectivity index (χ0) is 40.8. The Labute approximate surface area is 326 Å². The Morgan fingerprint density at radius 1 is 1.07 bits per heavy atom. The molecule has 0 bridgehead atoms. The number of hydrogen-bond acceptors (Lipinski definition) is 7. The van der Waals surface area contributed by atoms with Gasteiger partial charge in [-0.05, 0) is 79.8 Å². The van der Waals surface area contributed by atoms with Crippen molar-refractivity contribution in [1.82, 2.24) is 29.9 Å². The van der Waals surface area contributed by atoms with Gasteiger partial charge in [0.05, 0.1) is 33.9 Å². The first-order valence-corrected chi connectivity index (χ1v) is 20.0. The number of carbonyl (C=O) groups is 1. The summed E-state index contributed by atoms with van der Waals surface area (Å²) in [5, 5.41) is 21.8. The smallest absolute Gasteiger partial charge is 0.293 e. The highest BCUT2D eigenvalue weighted by molar-refractivity contribution is 7.92. The molecule has 2 saturated carbocycles. The minimum atomic E-state index is -3.83. The van der Waals surface area contributed by atoms with Crippen molar-refractivity contribution in [2.45, 2.75) is 68.6 Å². The number of hydrogen-bond donors (Lipinski definition) is 3. The Morgan fingerprint density at radius 3 is 2.42 bits per heavy atom. The van der Waals surface area contributed by atoms with Gasteiger partial charge in [-0.25, -0.2) is 31.0 Å². The zero-order valence-corrected chi connectivity index (χ0v) is 31.6. The normalized spacial score (nSPS) is 19.4. The standard InChI is InChI=1S/C38H32ClF6N7O4S/c1-51-33-23(6-7-26(39)30(33)36(49-51)50-57(2,55)56)22-5-4-21(8-11-37(54)9-3-10-37)46-31(22)27(14-18-12-19(40)15-20(41)13-18)47-28(53)17-52-34-29(32(48-52)35(42)43)24-16-25(24)38(34,44)45/h4-7,12-13,15,24-25,27,35,54H,3,9-10,14,16-17H2,1-2H3,(H,47,53)(H,49,50)/t24-,25+,27-/m0/s1. The van der Waals surface area contributed by atoms with Crippen molar-refractivity contribution in [2.75, 3.05) is 11.0 Å². The summed E-state index contributed by atoms with van der Waals surface area (Å²) in [6.45, 7) is -0.909. The lowest BCUT2D eigenvalue weighted by Crippen LogP contribution is -2.35. The van der Waals surface area contributed by atoms with Crippen molar-refractivity contribution in [3.63, 3.8) is 0 Å². The Kier molecular flexibility index (Phi) is 9.36. The van der Waals surface area contributed by atoms with Crippen LogP contribution in [0.15, 0.2) is 42.5 Å². The van der Waals surface area contributed by atoms with E-state index in [2.05, 4.69) is 32.1 Å². The maximum Gasteiger partial charge on any atom is 0.293 e. The molecule has 11 nitrogen and oxygen atoms in total. The maximum atomic E-state index is 15.4. The molecule has 3 aliphatic rings. The van der Waals surface area contributed by atoms with E-state index in [9.17, 15) is 35.9 Å². The number of pyridine rings is 1. The minimum Gasteiger partial charge on any atom is -0.378 e. The maximum absolute atomic E-state index is 15.4. The number of benzene rings is 2. The van der Waals surface area contributed by atoms with Crippen LogP contribution in [-0.2, 0) is 40.8 Å². The van der Waals surface area contributed by atoms with Gasteiger partial charge in [0.2, 0.25) is 15.9 Å². The molecule has 0 spiro atoms. The number of nitrogens with zero attached hydrogens (tertiary/aromatic N) is 5. The van der Waals surface area contributed by atoms with Crippen molar-refractivity contribution >= 4 is 44.3 Å². The Morgan fingerprint density at radius 2 is 1.77 bits per heavy atom. The van der Waals surface area contributed by atoms with E-state index in [1.165, 1.54) is 23.9 Å². The Balaban J connectivity index is 1.27. The number of anilines is 1. The van der Waals surface area contributed by atoms with Gasteiger partial charge in [0.1, 0.15) is 40.9 Å². The number of alkyl halides is 4. The second-order valence-corrected chi connectivity index (χ2v) is 16.9. The first-order chi connectivity index (χ1) is 26.8. The van der Waals surface area contributed by atoms with Crippen molar-refractivity contribution in [1.29, 1.82) is 0 Å². The van der Waals surface area contributed by atoms with Gasteiger partial charge < -0.3 is 10.4 Å². The second kappa shape index (κ2) is 13.8. The molecule has 298 valence electrons. The molecule has 2 aromatic carbocycles. The number of carbonyl (C=O) groups excluding carboxylic acids is 1. The first kappa shape index (κ1) is 38.7. The summed E-state index contributed by atoms with van der Waals surface area (Å²) in [5.41, 5.74) is -1.87. The molecule has 57 heavy (non-hydrogen) atoms. The van der Waals surface area contributed by atoms with E-state index in [-0.39, 0.29) is 57.1 Å². The van der Waals surface area contributed by atoms with Gasteiger partial charge in [-0.3, -0.25) is 18.9 Å². The molecule has 1 amide bonds. The van der Waals surface area contributed by atoms with E-state index in [0.29, 0.717) is 34.7 Å². The van der Waals surface area contributed by atoms with Crippen LogP contribution in [0.4, 0.5) is 32.2 Å². The van der Waals surface area contributed by atoms with Crippen molar-refractivity contribution < 1.29 is 44.7 Å². The van der Waals surface area contributed by atoms with Crippen LogP contribution in [-0.4, -0.2) is 55.8 Å². The first-order valence-electron chi connectivity index (χ1n) is 17.7. The summed E-state index contributed by atoms with van der Waals surface area (Å²) >= 11 is 6.59. The predicted molar refractivity (Wildman–Crippen MR) is 196 cm³/mol. The predicted octanol–water partition coefficient (Wildman–Crippen LogP) is 6.65. The SMILES string of the molecule is Cn1nc(NS(C)(=O)=O)c2c(Cl)ccc(-c3ccc(C#CC4(O)CCC4)nc3[C@H](Cc3cc(F)cc(F)c3)NC(=O)Cn3nc(C(F)F)c4c3C(F)(F)[C@@H]3C[C@H]43)c21. The number of aromatic nitrogens is 5. The summed E-state index contributed by atoms with van der Waals surface area (Å²) in [6.07, 6.45) is -0.899. The topological polar surface area (TPSA) is 144 Å². The number of aryl methyl sites for hydroxylation is 1. The van der Waals surface area contributed by atoms with Gasteiger partial charge >= 0.3 is 0 Å². The molecule has 8 rings (SSSR count). The summed E-state index contributed by atoms with van der Waals surface area (Å²) in [5.74, 6) is -2.70. The molecular formula is C38H32ClF6N7O4S. The Hall–Kier alpha value is -5.12. The number of sulfonamides is 1. The highest BCUT2D eigenvalue weighted by Crippen LogP contribution is 2.68. The third-order valence-electron chi connectivity index (χ3n) is 10.5. The lowest BCUT2D eigenvalue weighted by molar-refractivity contribution is -0.123. The minimum absolute atomic E-state index is 0.0232. The average molecular weight is 832 g/mol. The highest BCUT2D eigenvalue weighted by atomic mass is 35.5. The largest absolute Gasteiger partial charge is 0.378 e. The molecule has 0 saturated heterocycles. The van der Waals surface area contributed by atoms with Crippen LogP contribution in [0.25, 0.3) is 22.0 Å². The molecule has 2 fully saturated rings. The lowest BCUT2D eigenvalue weighted by Gasteiger charge is -2.30. The second-order valence-electron chi connectivity index (χ2n) is 14.7. The van der Waals surface area contributed by atoms with Crippen LogP contribution in [0, 0.1) is 29.4 Å². The number of amides is 1. The molecule has 19 heteroatoms. The number of nitrogens with one attached hydrogen (secondary N) is 2. The molecule has 3 atom stereocenters. The third kappa shape index (κ3) is 7.21. The monoisotopic (exact) mass is 831 g/mol. The third-order valence-corrected chi connectivity index (χ3v) is 11.4. The molecule has 0 unspecified atom stereocenters. The van der Waals surface area contributed by atoms with Crippen LogP contribution in [0.5, 0.6) is 0 Å². The van der Waals surface area contributed by atoms with Crippen molar-refractivity contribution in [3.8, 4) is 23.0 Å². The summed E-state index contributed by atoms with van der Waals surface area (Å²) in [4.78, 5) is 18.7. The summed E-state index contributed by atoms with van der Waals surface area (Å²) in [7, 11) is -2.29. The van der Waals surface area contributed by atoms with Crippen molar-refractivity contribution in [3.05, 3.63) is 93.0 Å². The molecule has 3 N–H and O–H groups in total. The van der Waals surface area contributed by atoms with E-state index in [4.69, 9.17) is 16.6 Å². The lowest BCUT2D eigenvalue weighted by atomic mass is 9.81. The quantitative estimate of drug-likeness (QED) is 0.106. The van der Waals surface area contributed by atoms with E-state index >= 15 is 8.78 Å². The van der Waals surface area contributed by atoms with Crippen LogP contribution in [0.3, 0.4) is 0 Å². The van der Waals surface area contributed by atoms with Crippen LogP contribution >= 0.6 is 11.6 Å². The fourth-order valence-electron chi connectivity index (χ4n) is 7.83. The molecule has 0 aliphatic heterocycles. The van der Waals surface area contributed by atoms with E-state index < -0.39 is 81.3 Å². The summed E-state index contributed by atoms with van der Waals surface area (Å²) in [6, 6.07) is 7.61. The number of halogens is 7. The van der Waals surface area contributed by atoms with Crippen molar-refractivity contribution in [2.24, 2.45) is 13.0 Å². The molecular weight excluding hydrogens is 800 g/mol. The van der Waals surface area contributed by atoms with Crippen LogP contribution in [0.1, 0.15) is 78.0 Å². The van der Waals surface area contributed by atoms with E-state index in [1.54, 1.807) is 12.1 Å². The number of aliphatic hydroxyl groups is 1. The number of fused-ring (bicyclic) bond motifs is 4. The highest BCUT2D eigenvalue weighted by Gasteiger charge is 2.67. The average Bonchev–Trinajstić information content (AvgIpc) is 3.65. The van der Waals surface area contributed by atoms with E-state index in [1.807, 2.05) is 0 Å². The van der Waals surface area contributed by atoms with Gasteiger partial charge in [0.25, 0.3) is 12.3 Å². The summed E-state index contributed by atoms with van der Waals surface area (Å²) < 4.78 is 117. The van der Waals surface area contributed by atoms with Crippen LogP contribution < -0.4 is 10.0 Å². The fourth-order valence-corrected chi connectivity index (χ4v) is 8.57. The molecule has 5 aromatic rings. The number of rotatable bonds is 10. The molecule has 3 aliphatic carbocycles. The van der Waals surface area contributed by atoms with Gasteiger partial charge in [0, 0.05) is 35.7 Å². The zero-order valence-electron chi connectivity index (χ0n) is 30.1. The molecule has 3 aromatic heterocycles. The Bertz CT molecular complexity index is 2650. The fraction of sp³-hybridized carbons (Fsp3) is 0.368. The van der Waals surface area contributed by atoms with E-state index in [0.717, 1.165) is 24.8 Å². The molecule has 0 radical (unpaired) electrons. The van der Waals surface area contributed by atoms with Gasteiger partial charge in [-0.2, -0.15) is 19.0 Å². The van der Waals surface area contributed by atoms with Gasteiger partial charge in [-0.1, -0.05) is 23.6 Å². The van der Waals surface area contributed by atoms with Crippen LogP contribution in [0.2, 0.25) is 5.02 Å². The van der Waals surface area contributed by atoms with Gasteiger partial charge in [-0.15, -0.1) is 0 Å². The van der Waals surface area contributed by atoms with Gasteiger partial charge in [0.15, 0.2) is 5.82 Å².